The van der Waals surface area contributed by atoms with E-state index in [2.05, 4.69) is 9.97 Å². The molecule has 0 saturated carbocycles. The molecule has 0 aliphatic carbocycles. The minimum Gasteiger partial charge on any atom is -0.337 e. The maximum Gasteiger partial charge on any atom is 0.433 e. The molecule has 3 heterocycles. The number of halogens is 3. The molecule has 1 fully saturated rings. The quantitative estimate of drug-likeness (QED) is 0.660. The Balaban J connectivity index is 1.56. The number of alkyl halides is 3. The lowest BCUT2D eigenvalue weighted by molar-refractivity contribution is -0.141. The predicted octanol–water partition coefficient (Wildman–Crippen LogP) is 3.29. The van der Waals surface area contributed by atoms with E-state index in [1.807, 2.05) is 0 Å². The summed E-state index contributed by atoms with van der Waals surface area (Å²) in [5, 5.41) is 0.505. The Hall–Kier alpha value is -3.23. The van der Waals surface area contributed by atoms with Crippen LogP contribution in [0.5, 0.6) is 0 Å². The van der Waals surface area contributed by atoms with E-state index in [4.69, 9.17) is 0 Å². The monoisotopic (exact) mass is 402 g/mol. The molecule has 0 N–H and O–H groups in total. The first-order valence-corrected chi connectivity index (χ1v) is 9.13. The highest BCUT2D eigenvalue weighted by atomic mass is 19.4. The van der Waals surface area contributed by atoms with Crippen LogP contribution in [-0.4, -0.2) is 38.4 Å². The number of carbonyl (C=O) groups excluding carboxylic acids is 1. The third-order valence-electron chi connectivity index (χ3n) is 5.07. The van der Waals surface area contributed by atoms with Crippen LogP contribution in [0.15, 0.2) is 53.7 Å². The Morgan fingerprint density at radius 2 is 1.90 bits per heavy atom. The molecule has 1 aliphatic heterocycles. The van der Waals surface area contributed by atoms with Crippen LogP contribution in [-0.2, 0) is 6.18 Å². The fourth-order valence-corrected chi connectivity index (χ4v) is 3.58. The van der Waals surface area contributed by atoms with E-state index in [1.54, 1.807) is 29.2 Å². The van der Waals surface area contributed by atoms with Crippen molar-refractivity contribution in [2.75, 3.05) is 13.1 Å². The summed E-state index contributed by atoms with van der Waals surface area (Å²) in [6.45, 7) is 0.742. The number of nitrogens with zero attached hydrogens (tertiary/aromatic N) is 4. The lowest BCUT2D eigenvalue weighted by Crippen LogP contribution is -2.43. The summed E-state index contributed by atoms with van der Waals surface area (Å²) in [4.78, 5) is 34.8. The first kappa shape index (κ1) is 19.1. The number of piperidine rings is 1. The van der Waals surface area contributed by atoms with Gasteiger partial charge in [0.1, 0.15) is 5.69 Å². The fourth-order valence-electron chi connectivity index (χ4n) is 3.58. The molecule has 29 heavy (non-hydrogen) atoms. The number of rotatable bonds is 2. The summed E-state index contributed by atoms with van der Waals surface area (Å²) < 4.78 is 39.5. The van der Waals surface area contributed by atoms with Gasteiger partial charge in [0, 0.05) is 19.3 Å². The van der Waals surface area contributed by atoms with Crippen molar-refractivity contribution in [3.05, 3.63) is 70.5 Å². The van der Waals surface area contributed by atoms with Crippen molar-refractivity contribution in [3.8, 4) is 0 Å². The van der Waals surface area contributed by atoms with Crippen molar-refractivity contribution >= 4 is 16.8 Å². The number of fused-ring (bicyclic) bond motifs is 1. The zero-order valence-electron chi connectivity index (χ0n) is 15.3. The summed E-state index contributed by atoms with van der Waals surface area (Å²) in [6.07, 6.45) is -0.748. The van der Waals surface area contributed by atoms with Gasteiger partial charge in [-0.2, -0.15) is 13.2 Å². The average Bonchev–Trinajstić information content (AvgIpc) is 2.73. The lowest BCUT2D eigenvalue weighted by Gasteiger charge is -2.33. The van der Waals surface area contributed by atoms with Gasteiger partial charge in [-0.3, -0.25) is 19.1 Å². The Morgan fingerprint density at radius 1 is 1.10 bits per heavy atom. The molecule has 150 valence electrons. The maximum atomic E-state index is 12.8. The predicted molar refractivity (Wildman–Crippen MR) is 99.4 cm³/mol. The van der Waals surface area contributed by atoms with E-state index >= 15 is 0 Å². The summed E-state index contributed by atoms with van der Waals surface area (Å²) in [5.74, 6) is -0.405. The van der Waals surface area contributed by atoms with Crippen LogP contribution in [0.25, 0.3) is 10.9 Å². The largest absolute Gasteiger partial charge is 0.433 e. The molecule has 2 aromatic heterocycles. The van der Waals surface area contributed by atoms with Gasteiger partial charge in [0.15, 0.2) is 0 Å². The molecule has 0 radical (unpaired) electrons. The van der Waals surface area contributed by atoms with Crippen LogP contribution in [0.1, 0.15) is 34.9 Å². The molecule has 1 saturated heterocycles. The average molecular weight is 402 g/mol. The molecule has 0 unspecified atom stereocenters. The van der Waals surface area contributed by atoms with Gasteiger partial charge in [0.2, 0.25) is 0 Å². The molecule has 9 heteroatoms. The second-order valence-electron chi connectivity index (χ2n) is 6.95. The van der Waals surface area contributed by atoms with Gasteiger partial charge in [-0.15, -0.1) is 0 Å². The normalized spacial score (nSPS) is 17.5. The van der Waals surface area contributed by atoms with E-state index in [9.17, 15) is 22.8 Å². The van der Waals surface area contributed by atoms with Crippen LogP contribution < -0.4 is 5.56 Å². The van der Waals surface area contributed by atoms with Crippen molar-refractivity contribution < 1.29 is 18.0 Å². The van der Waals surface area contributed by atoms with Gasteiger partial charge >= 0.3 is 6.18 Å². The SMILES string of the molecule is O=C(c1ccc(C(F)(F)F)nc1)N1CCC[C@@H](n2cnc3ccccc3c2=O)C1. The minimum atomic E-state index is -4.55. The number of aromatic nitrogens is 3. The van der Waals surface area contributed by atoms with Gasteiger partial charge in [0.05, 0.1) is 28.8 Å². The van der Waals surface area contributed by atoms with Crippen molar-refractivity contribution in [2.24, 2.45) is 0 Å². The topological polar surface area (TPSA) is 68.1 Å². The number of hydrogen-bond acceptors (Lipinski definition) is 4. The smallest absolute Gasteiger partial charge is 0.337 e. The zero-order valence-corrected chi connectivity index (χ0v) is 15.3. The number of amides is 1. The number of carbonyl (C=O) groups is 1. The number of likely N-dealkylation sites (tertiary alicyclic amines) is 1. The number of benzene rings is 1. The van der Waals surface area contributed by atoms with E-state index in [-0.39, 0.29) is 23.7 Å². The van der Waals surface area contributed by atoms with Gasteiger partial charge in [-0.25, -0.2) is 4.98 Å². The highest BCUT2D eigenvalue weighted by Gasteiger charge is 2.33. The first-order valence-electron chi connectivity index (χ1n) is 9.13. The maximum absolute atomic E-state index is 12.8. The van der Waals surface area contributed by atoms with Crippen molar-refractivity contribution in [3.63, 3.8) is 0 Å². The van der Waals surface area contributed by atoms with Crippen LogP contribution in [0.3, 0.4) is 0 Å². The molecular weight excluding hydrogens is 385 g/mol. The van der Waals surface area contributed by atoms with Crippen molar-refractivity contribution in [2.45, 2.75) is 25.1 Å². The molecule has 6 nitrogen and oxygen atoms in total. The number of hydrogen-bond donors (Lipinski definition) is 0. The molecule has 4 rings (SSSR count). The van der Waals surface area contributed by atoms with E-state index in [0.29, 0.717) is 30.3 Å². The second-order valence-corrected chi connectivity index (χ2v) is 6.95. The summed E-state index contributed by atoms with van der Waals surface area (Å²) >= 11 is 0. The Bertz CT molecular complexity index is 1110. The summed E-state index contributed by atoms with van der Waals surface area (Å²) in [7, 11) is 0. The molecule has 1 aliphatic rings. The first-order chi connectivity index (χ1) is 13.8. The lowest BCUT2D eigenvalue weighted by atomic mass is 10.0. The molecule has 1 atom stereocenters. The van der Waals surface area contributed by atoms with Crippen LogP contribution in [0.4, 0.5) is 13.2 Å². The molecular formula is C20H17F3N4O2. The Kier molecular flexibility index (Phi) is 4.81. The van der Waals surface area contributed by atoms with E-state index in [0.717, 1.165) is 18.3 Å². The van der Waals surface area contributed by atoms with E-state index < -0.39 is 17.8 Å². The summed E-state index contributed by atoms with van der Waals surface area (Å²) in [5.41, 5.74) is -0.526. The van der Waals surface area contributed by atoms with Crippen LogP contribution in [0.2, 0.25) is 0 Å². The molecule has 0 spiro atoms. The van der Waals surface area contributed by atoms with Crippen molar-refractivity contribution in [1.29, 1.82) is 0 Å². The standard InChI is InChI=1S/C20H17F3N4O2/c21-20(22,23)17-8-7-13(10-24-17)18(28)26-9-3-4-14(11-26)27-12-25-16-6-2-1-5-15(16)19(27)29/h1-2,5-8,10,12,14H,3-4,9,11H2/t14-/m1/s1. The molecule has 1 aromatic carbocycles. The minimum absolute atomic E-state index is 0.0858. The Labute approximate surface area is 163 Å². The van der Waals surface area contributed by atoms with Gasteiger partial charge in [0.25, 0.3) is 11.5 Å². The highest BCUT2D eigenvalue weighted by molar-refractivity contribution is 5.94. The van der Waals surface area contributed by atoms with Crippen LogP contribution >= 0.6 is 0 Å². The van der Waals surface area contributed by atoms with Gasteiger partial charge in [-0.1, -0.05) is 12.1 Å². The fraction of sp³-hybridized carbons (Fsp3) is 0.300. The second kappa shape index (κ2) is 7.31. The molecule has 0 bridgehead atoms. The highest BCUT2D eigenvalue weighted by Crippen LogP contribution is 2.28. The molecule has 1 amide bonds. The third-order valence-corrected chi connectivity index (χ3v) is 5.07. The van der Waals surface area contributed by atoms with Crippen molar-refractivity contribution in [1.82, 2.24) is 19.4 Å². The zero-order chi connectivity index (χ0) is 20.6. The van der Waals surface area contributed by atoms with E-state index in [1.165, 1.54) is 10.9 Å². The summed E-state index contributed by atoms with van der Waals surface area (Å²) in [6, 6.07) is 8.72. The number of para-hydroxylation sites is 1. The Morgan fingerprint density at radius 3 is 2.62 bits per heavy atom. The van der Waals surface area contributed by atoms with Crippen LogP contribution in [0, 0.1) is 0 Å². The van der Waals surface area contributed by atoms with Gasteiger partial charge < -0.3 is 4.90 Å². The number of pyridine rings is 1. The third kappa shape index (κ3) is 3.72. The molecule has 3 aromatic rings. The van der Waals surface area contributed by atoms with Gasteiger partial charge in [-0.05, 0) is 37.1 Å².